The number of nitrogens with zero attached hydrogens (tertiary/aromatic N) is 2. The number of benzene rings is 1. The SMILES string of the molecule is Cc1c(C(=N)N)cnn1-c1ccccc1Cl. The second-order valence-electron chi connectivity index (χ2n) is 3.42. The third kappa shape index (κ3) is 1.67. The Morgan fingerprint density at radius 2 is 2.12 bits per heavy atom. The van der Waals surface area contributed by atoms with Gasteiger partial charge in [0.15, 0.2) is 0 Å². The van der Waals surface area contributed by atoms with Crippen molar-refractivity contribution in [1.82, 2.24) is 9.78 Å². The van der Waals surface area contributed by atoms with Gasteiger partial charge in [0.05, 0.1) is 28.2 Å². The summed E-state index contributed by atoms with van der Waals surface area (Å²) < 4.78 is 1.68. The quantitative estimate of drug-likeness (QED) is 0.617. The summed E-state index contributed by atoms with van der Waals surface area (Å²) in [6.07, 6.45) is 1.57. The molecular formula is C11H11ClN4. The molecule has 0 atom stereocenters. The lowest BCUT2D eigenvalue weighted by atomic mass is 10.2. The van der Waals surface area contributed by atoms with Crippen LogP contribution in [0.25, 0.3) is 5.69 Å². The lowest BCUT2D eigenvalue weighted by Crippen LogP contribution is -2.12. The van der Waals surface area contributed by atoms with E-state index in [2.05, 4.69) is 5.10 Å². The molecule has 0 radical (unpaired) electrons. The van der Waals surface area contributed by atoms with Crippen molar-refractivity contribution in [2.45, 2.75) is 6.92 Å². The molecule has 5 heteroatoms. The summed E-state index contributed by atoms with van der Waals surface area (Å²) in [6, 6.07) is 7.41. The first-order chi connectivity index (χ1) is 7.61. The fourth-order valence-electron chi connectivity index (χ4n) is 1.54. The Hall–Kier alpha value is -1.81. The number of nitrogen functional groups attached to an aromatic ring is 1. The smallest absolute Gasteiger partial charge is 0.126 e. The average Bonchev–Trinajstić information content (AvgIpc) is 2.61. The van der Waals surface area contributed by atoms with Gasteiger partial charge in [-0.25, -0.2) is 4.68 Å². The standard InChI is InChI=1S/C11H11ClN4/c1-7-8(11(13)14)6-15-16(7)10-5-3-2-4-9(10)12/h2-6H,1H3,(H3,13,14). The molecule has 1 aromatic heterocycles. The van der Waals surface area contributed by atoms with Crippen LogP contribution in [-0.4, -0.2) is 15.6 Å². The molecule has 1 aromatic carbocycles. The van der Waals surface area contributed by atoms with Crippen LogP contribution >= 0.6 is 11.6 Å². The molecule has 0 aliphatic carbocycles. The molecule has 2 aromatic rings. The number of hydrogen-bond donors (Lipinski definition) is 2. The van der Waals surface area contributed by atoms with Gasteiger partial charge in [0.1, 0.15) is 5.84 Å². The van der Waals surface area contributed by atoms with Gasteiger partial charge in [0, 0.05) is 0 Å². The maximum Gasteiger partial charge on any atom is 0.126 e. The number of halogens is 1. The van der Waals surface area contributed by atoms with Crippen LogP contribution in [0.15, 0.2) is 30.5 Å². The number of nitrogens with two attached hydrogens (primary N) is 1. The van der Waals surface area contributed by atoms with Crippen LogP contribution in [0.5, 0.6) is 0 Å². The van der Waals surface area contributed by atoms with Crippen molar-refractivity contribution in [3.63, 3.8) is 0 Å². The molecule has 0 saturated carbocycles. The number of nitrogens with one attached hydrogen (secondary N) is 1. The average molecular weight is 235 g/mol. The molecule has 0 fully saturated rings. The molecule has 0 saturated heterocycles. The molecule has 0 unspecified atom stereocenters. The Labute approximate surface area is 98.2 Å². The van der Waals surface area contributed by atoms with Gasteiger partial charge in [-0.3, -0.25) is 5.41 Å². The fraction of sp³-hybridized carbons (Fsp3) is 0.0909. The first kappa shape index (κ1) is 10.7. The summed E-state index contributed by atoms with van der Waals surface area (Å²) in [7, 11) is 0. The largest absolute Gasteiger partial charge is 0.384 e. The van der Waals surface area contributed by atoms with Crippen LogP contribution in [0.4, 0.5) is 0 Å². The Morgan fingerprint density at radius 3 is 2.69 bits per heavy atom. The van der Waals surface area contributed by atoms with E-state index in [1.165, 1.54) is 0 Å². The lowest BCUT2D eigenvalue weighted by Gasteiger charge is -2.06. The number of hydrogen-bond acceptors (Lipinski definition) is 2. The second-order valence-corrected chi connectivity index (χ2v) is 3.83. The Balaban J connectivity index is 2.58. The first-order valence-electron chi connectivity index (χ1n) is 4.75. The Kier molecular flexibility index (Phi) is 2.66. The highest BCUT2D eigenvalue weighted by molar-refractivity contribution is 6.32. The van der Waals surface area contributed by atoms with E-state index in [0.29, 0.717) is 10.6 Å². The van der Waals surface area contributed by atoms with Gasteiger partial charge in [-0.05, 0) is 19.1 Å². The molecule has 0 aliphatic heterocycles. The number of rotatable bonds is 2. The van der Waals surface area contributed by atoms with E-state index in [1.54, 1.807) is 16.9 Å². The van der Waals surface area contributed by atoms with Gasteiger partial charge in [0.2, 0.25) is 0 Å². The molecule has 0 aliphatic rings. The fourth-order valence-corrected chi connectivity index (χ4v) is 1.76. The van der Waals surface area contributed by atoms with Gasteiger partial charge < -0.3 is 5.73 Å². The molecule has 4 nitrogen and oxygen atoms in total. The van der Waals surface area contributed by atoms with E-state index >= 15 is 0 Å². The van der Waals surface area contributed by atoms with Crippen molar-refractivity contribution in [2.75, 3.05) is 0 Å². The van der Waals surface area contributed by atoms with E-state index in [0.717, 1.165) is 11.4 Å². The third-order valence-electron chi connectivity index (χ3n) is 2.38. The van der Waals surface area contributed by atoms with Crippen LogP contribution < -0.4 is 5.73 Å². The van der Waals surface area contributed by atoms with Crippen molar-refractivity contribution in [2.24, 2.45) is 5.73 Å². The minimum absolute atomic E-state index is 0.0100. The van der Waals surface area contributed by atoms with E-state index in [-0.39, 0.29) is 5.84 Å². The van der Waals surface area contributed by atoms with E-state index in [4.69, 9.17) is 22.7 Å². The highest BCUT2D eigenvalue weighted by Crippen LogP contribution is 2.21. The zero-order chi connectivity index (χ0) is 11.7. The predicted molar refractivity (Wildman–Crippen MR) is 64.3 cm³/mol. The first-order valence-corrected chi connectivity index (χ1v) is 5.13. The van der Waals surface area contributed by atoms with E-state index in [1.807, 2.05) is 25.1 Å². The topological polar surface area (TPSA) is 67.7 Å². The zero-order valence-electron chi connectivity index (χ0n) is 8.74. The third-order valence-corrected chi connectivity index (χ3v) is 2.70. The van der Waals surface area contributed by atoms with Crippen molar-refractivity contribution in [3.8, 4) is 5.69 Å². The van der Waals surface area contributed by atoms with Crippen molar-refractivity contribution in [1.29, 1.82) is 5.41 Å². The summed E-state index contributed by atoms with van der Waals surface area (Å²) in [5.41, 5.74) is 7.66. The van der Waals surface area contributed by atoms with E-state index in [9.17, 15) is 0 Å². The zero-order valence-corrected chi connectivity index (χ0v) is 9.49. The summed E-state index contributed by atoms with van der Waals surface area (Å²) in [5, 5.41) is 12.2. The molecule has 16 heavy (non-hydrogen) atoms. The van der Waals surface area contributed by atoms with Gasteiger partial charge in [0.25, 0.3) is 0 Å². The molecule has 2 rings (SSSR count). The van der Waals surface area contributed by atoms with Crippen LogP contribution in [0.1, 0.15) is 11.3 Å². The molecule has 82 valence electrons. The van der Waals surface area contributed by atoms with Gasteiger partial charge in [-0.1, -0.05) is 23.7 Å². The molecular weight excluding hydrogens is 224 g/mol. The Morgan fingerprint density at radius 1 is 1.44 bits per heavy atom. The second kappa shape index (κ2) is 3.98. The summed E-state index contributed by atoms with van der Waals surface area (Å²) in [5.74, 6) is 0.0100. The lowest BCUT2D eigenvalue weighted by molar-refractivity contribution is 0.847. The number of aromatic nitrogens is 2. The maximum atomic E-state index is 7.40. The molecule has 1 heterocycles. The van der Waals surface area contributed by atoms with Crippen LogP contribution in [0, 0.1) is 12.3 Å². The number of amidine groups is 1. The van der Waals surface area contributed by atoms with Crippen LogP contribution in [0.2, 0.25) is 5.02 Å². The predicted octanol–water partition coefficient (Wildman–Crippen LogP) is 2.12. The molecule has 3 N–H and O–H groups in total. The van der Waals surface area contributed by atoms with Gasteiger partial charge in [-0.2, -0.15) is 5.10 Å². The molecule has 0 bridgehead atoms. The molecule has 0 amide bonds. The van der Waals surface area contributed by atoms with Crippen molar-refractivity contribution >= 4 is 17.4 Å². The number of para-hydroxylation sites is 1. The minimum atomic E-state index is 0.0100. The van der Waals surface area contributed by atoms with Crippen LogP contribution in [0.3, 0.4) is 0 Å². The molecule has 0 spiro atoms. The summed E-state index contributed by atoms with van der Waals surface area (Å²) in [6.45, 7) is 1.85. The summed E-state index contributed by atoms with van der Waals surface area (Å²) in [4.78, 5) is 0. The van der Waals surface area contributed by atoms with Gasteiger partial charge >= 0.3 is 0 Å². The Bertz CT molecular complexity index is 545. The van der Waals surface area contributed by atoms with Crippen molar-refractivity contribution < 1.29 is 0 Å². The highest BCUT2D eigenvalue weighted by Gasteiger charge is 2.11. The minimum Gasteiger partial charge on any atom is -0.384 e. The van der Waals surface area contributed by atoms with Crippen LogP contribution in [-0.2, 0) is 0 Å². The monoisotopic (exact) mass is 234 g/mol. The van der Waals surface area contributed by atoms with Gasteiger partial charge in [-0.15, -0.1) is 0 Å². The van der Waals surface area contributed by atoms with E-state index < -0.39 is 0 Å². The summed E-state index contributed by atoms with van der Waals surface area (Å²) >= 11 is 6.07. The van der Waals surface area contributed by atoms with Crippen molar-refractivity contribution in [3.05, 3.63) is 46.7 Å². The maximum absolute atomic E-state index is 7.40. The normalized spacial score (nSPS) is 10.4. The highest BCUT2D eigenvalue weighted by atomic mass is 35.5.